The van der Waals surface area contributed by atoms with Crippen molar-refractivity contribution in [2.24, 2.45) is 0 Å². The fraction of sp³-hybridized carbons (Fsp3) is 0.217. The Morgan fingerprint density at radius 1 is 1.06 bits per heavy atom. The topological polar surface area (TPSA) is 75.6 Å². The predicted molar refractivity (Wildman–Crippen MR) is 116 cm³/mol. The molecule has 3 aromatic rings. The summed E-state index contributed by atoms with van der Waals surface area (Å²) < 4.78 is 43.5. The summed E-state index contributed by atoms with van der Waals surface area (Å²) >= 11 is -0.199. The quantitative estimate of drug-likeness (QED) is 0.424. The van der Waals surface area contributed by atoms with Crippen LogP contribution in [0.25, 0.3) is 10.8 Å². The van der Waals surface area contributed by atoms with E-state index in [0.717, 1.165) is 5.39 Å². The Hall–Kier alpha value is -3.20. The third kappa shape index (κ3) is 5.94. The Morgan fingerprint density at radius 2 is 1.75 bits per heavy atom. The minimum Gasteiger partial charge on any atom is -0.487 e. The third-order valence-electron chi connectivity index (χ3n) is 4.68. The van der Waals surface area contributed by atoms with Crippen LogP contribution in [0, 0.1) is 0 Å². The van der Waals surface area contributed by atoms with Crippen molar-refractivity contribution in [3.8, 4) is 5.75 Å². The predicted octanol–water partition coefficient (Wildman–Crippen LogP) is 5.62. The van der Waals surface area contributed by atoms with Gasteiger partial charge in [0.05, 0.1) is 5.56 Å². The van der Waals surface area contributed by atoms with E-state index < -0.39 is 23.4 Å². The zero-order chi connectivity index (χ0) is 23.3. The monoisotopic (exact) mass is 463 g/mol. The fourth-order valence-electron chi connectivity index (χ4n) is 3.09. The molecule has 168 valence electrons. The Bertz CT molecular complexity index is 1120. The first-order chi connectivity index (χ1) is 15.2. The number of hydrogen-bond acceptors (Lipinski definition) is 4. The maximum atomic E-state index is 12.8. The summed E-state index contributed by atoms with van der Waals surface area (Å²) in [6, 6.07) is 15.3. The minimum absolute atomic E-state index is 0.0153. The maximum Gasteiger partial charge on any atom is 0.446 e. The number of carboxylic acids is 1. The second-order valence-corrected chi connectivity index (χ2v) is 8.05. The van der Waals surface area contributed by atoms with Crippen molar-refractivity contribution >= 4 is 34.4 Å². The molecule has 1 unspecified atom stereocenters. The molecule has 2 N–H and O–H groups in total. The number of carboxylic acid groups (broad SMARTS) is 1. The third-order valence-corrected chi connectivity index (χ3v) is 5.42. The van der Waals surface area contributed by atoms with E-state index in [1.165, 1.54) is 24.3 Å². The molecule has 1 atom stereocenters. The van der Waals surface area contributed by atoms with Gasteiger partial charge in [0, 0.05) is 10.3 Å². The Kier molecular flexibility index (Phi) is 7.29. The van der Waals surface area contributed by atoms with E-state index in [1.807, 2.05) is 12.1 Å². The number of hydrogen-bond donors (Lipinski definition) is 2. The molecule has 9 heteroatoms. The average Bonchev–Trinajstić information content (AvgIpc) is 2.75. The molecular formula is C23H20F3NO4S. The van der Waals surface area contributed by atoms with Crippen molar-refractivity contribution in [1.29, 1.82) is 0 Å². The molecule has 0 bridgehead atoms. The van der Waals surface area contributed by atoms with Crippen molar-refractivity contribution in [3.05, 3.63) is 71.8 Å². The van der Waals surface area contributed by atoms with Crippen LogP contribution in [-0.2, 0) is 11.4 Å². The number of carbonyl (C=O) groups is 2. The lowest BCUT2D eigenvalue weighted by atomic mass is 10.0. The van der Waals surface area contributed by atoms with Crippen LogP contribution in [0.15, 0.2) is 65.6 Å². The molecule has 0 saturated heterocycles. The first-order valence-corrected chi connectivity index (χ1v) is 10.5. The van der Waals surface area contributed by atoms with Crippen LogP contribution in [-0.4, -0.2) is 28.5 Å². The number of rotatable bonds is 8. The normalized spacial score (nSPS) is 12.4. The molecule has 0 radical (unpaired) electrons. The summed E-state index contributed by atoms with van der Waals surface area (Å²) in [5, 5.41) is 13.2. The average molecular weight is 463 g/mol. The second kappa shape index (κ2) is 9.95. The molecule has 0 aromatic heterocycles. The summed E-state index contributed by atoms with van der Waals surface area (Å²) in [6.45, 7) is 1.67. The lowest BCUT2D eigenvalue weighted by Gasteiger charge is -2.17. The zero-order valence-corrected chi connectivity index (χ0v) is 17.8. The highest BCUT2D eigenvalue weighted by atomic mass is 32.2. The van der Waals surface area contributed by atoms with Gasteiger partial charge in [0.25, 0.3) is 5.91 Å². The molecule has 0 spiro atoms. The van der Waals surface area contributed by atoms with E-state index in [-0.39, 0.29) is 41.0 Å². The first-order valence-electron chi connectivity index (χ1n) is 9.71. The van der Waals surface area contributed by atoms with Crippen LogP contribution in [0.3, 0.4) is 0 Å². The van der Waals surface area contributed by atoms with Gasteiger partial charge in [-0.1, -0.05) is 49.4 Å². The standard InChI is InChI=1S/C23H20F3NO4S/c1-2-19(22(29)30)27-21(28)18-12-9-15-5-3-4-6-17(15)20(18)31-13-14-7-10-16(11-8-14)32-23(24,25)26/h3-12,19H,2,13H2,1H3,(H,27,28)(H,29,30). The molecule has 0 fully saturated rings. The lowest BCUT2D eigenvalue weighted by molar-refractivity contribution is -0.139. The second-order valence-electron chi connectivity index (χ2n) is 6.92. The van der Waals surface area contributed by atoms with Gasteiger partial charge in [0.1, 0.15) is 18.4 Å². The fourth-order valence-corrected chi connectivity index (χ4v) is 3.63. The van der Waals surface area contributed by atoms with Crippen molar-refractivity contribution in [2.45, 2.75) is 36.4 Å². The van der Waals surface area contributed by atoms with Crippen molar-refractivity contribution in [2.75, 3.05) is 0 Å². The van der Waals surface area contributed by atoms with E-state index in [9.17, 15) is 27.9 Å². The molecule has 0 aliphatic rings. The van der Waals surface area contributed by atoms with Crippen molar-refractivity contribution in [1.82, 2.24) is 5.32 Å². The van der Waals surface area contributed by atoms with Gasteiger partial charge in [-0.25, -0.2) is 4.79 Å². The molecule has 5 nitrogen and oxygen atoms in total. The molecule has 0 aliphatic heterocycles. The molecular weight excluding hydrogens is 443 g/mol. The number of carbonyl (C=O) groups excluding carboxylic acids is 1. The number of ether oxygens (including phenoxy) is 1. The van der Waals surface area contributed by atoms with E-state index in [1.54, 1.807) is 31.2 Å². The Labute approximate surface area is 186 Å². The number of benzene rings is 3. The van der Waals surface area contributed by atoms with Gasteiger partial charge < -0.3 is 15.2 Å². The van der Waals surface area contributed by atoms with Crippen molar-refractivity contribution in [3.63, 3.8) is 0 Å². The highest BCUT2D eigenvalue weighted by molar-refractivity contribution is 8.00. The number of halogens is 3. The SMILES string of the molecule is CCC(NC(=O)c1ccc2ccccc2c1OCc1ccc(SC(F)(F)F)cc1)C(=O)O. The first kappa shape index (κ1) is 23.5. The molecule has 0 heterocycles. The van der Waals surface area contributed by atoms with Gasteiger partial charge in [-0.2, -0.15) is 13.2 Å². The molecule has 32 heavy (non-hydrogen) atoms. The summed E-state index contributed by atoms with van der Waals surface area (Å²) in [5.74, 6) is -1.45. The van der Waals surface area contributed by atoms with E-state index in [4.69, 9.17) is 4.74 Å². The van der Waals surface area contributed by atoms with Gasteiger partial charge in [0.15, 0.2) is 0 Å². The molecule has 1 amide bonds. The molecule has 0 saturated carbocycles. The number of amides is 1. The Morgan fingerprint density at radius 3 is 2.38 bits per heavy atom. The smallest absolute Gasteiger partial charge is 0.446 e. The van der Waals surface area contributed by atoms with Crippen LogP contribution in [0.2, 0.25) is 0 Å². The van der Waals surface area contributed by atoms with Crippen LogP contribution in [0.5, 0.6) is 5.75 Å². The molecule has 3 rings (SSSR count). The number of nitrogens with one attached hydrogen (secondary N) is 1. The lowest BCUT2D eigenvalue weighted by Crippen LogP contribution is -2.40. The zero-order valence-electron chi connectivity index (χ0n) is 17.0. The largest absolute Gasteiger partial charge is 0.487 e. The van der Waals surface area contributed by atoms with Gasteiger partial charge >= 0.3 is 11.5 Å². The van der Waals surface area contributed by atoms with Crippen LogP contribution < -0.4 is 10.1 Å². The van der Waals surface area contributed by atoms with Crippen LogP contribution in [0.1, 0.15) is 29.3 Å². The number of fused-ring (bicyclic) bond motifs is 1. The highest BCUT2D eigenvalue weighted by Crippen LogP contribution is 2.37. The summed E-state index contributed by atoms with van der Waals surface area (Å²) in [4.78, 5) is 24.2. The van der Waals surface area contributed by atoms with E-state index in [2.05, 4.69) is 5.32 Å². The van der Waals surface area contributed by atoms with Gasteiger partial charge in [-0.05, 0) is 47.3 Å². The summed E-state index contributed by atoms with van der Waals surface area (Å²) in [7, 11) is 0. The van der Waals surface area contributed by atoms with Gasteiger partial charge in [-0.15, -0.1) is 0 Å². The van der Waals surface area contributed by atoms with Gasteiger partial charge in [0.2, 0.25) is 0 Å². The van der Waals surface area contributed by atoms with E-state index in [0.29, 0.717) is 10.9 Å². The summed E-state index contributed by atoms with van der Waals surface area (Å²) in [6.07, 6.45) is 0.215. The number of alkyl halides is 3. The van der Waals surface area contributed by atoms with Crippen LogP contribution >= 0.6 is 11.8 Å². The number of aliphatic carboxylic acids is 1. The minimum atomic E-state index is -4.37. The van der Waals surface area contributed by atoms with E-state index >= 15 is 0 Å². The van der Waals surface area contributed by atoms with Crippen molar-refractivity contribution < 1.29 is 32.6 Å². The summed E-state index contributed by atoms with van der Waals surface area (Å²) in [5.41, 5.74) is -3.57. The van der Waals surface area contributed by atoms with Crippen LogP contribution in [0.4, 0.5) is 13.2 Å². The number of thioether (sulfide) groups is 1. The Balaban J connectivity index is 1.86. The molecule has 3 aromatic carbocycles. The highest BCUT2D eigenvalue weighted by Gasteiger charge is 2.29. The maximum absolute atomic E-state index is 12.8. The molecule has 0 aliphatic carbocycles. The van der Waals surface area contributed by atoms with Gasteiger partial charge in [-0.3, -0.25) is 4.79 Å².